The minimum Gasteiger partial charge on any atom is -0.381 e. The number of likely N-dealkylation sites (tertiary alicyclic amines) is 1. The van der Waals surface area contributed by atoms with Gasteiger partial charge in [-0.3, -0.25) is 9.69 Å². The average molecular weight is 267 g/mol. The van der Waals surface area contributed by atoms with Gasteiger partial charge in [0.05, 0.1) is 0 Å². The Morgan fingerprint density at radius 1 is 1.11 bits per heavy atom. The van der Waals surface area contributed by atoms with Crippen LogP contribution in [-0.4, -0.2) is 74.2 Å². The summed E-state index contributed by atoms with van der Waals surface area (Å²) in [7, 11) is 0. The van der Waals surface area contributed by atoms with Gasteiger partial charge in [-0.05, 0) is 32.4 Å². The molecular formula is C14H25N3O2. The molecule has 5 nitrogen and oxygen atoms in total. The van der Waals surface area contributed by atoms with Crippen molar-refractivity contribution in [3.63, 3.8) is 0 Å². The first kappa shape index (κ1) is 13.3. The molecule has 3 aliphatic rings. The first-order valence-electron chi connectivity index (χ1n) is 7.66. The lowest BCUT2D eigenvalue weighted by Gasteiger charge is -2.46. The fraction of sp³-hybridized carbons (Fsp3) is 0.929. The van der Waals surface area contributed by atoms with E-state index in [1.165, 1.54) is 13.0 Å². The van der Waals surface area contributed by atoms with Crippen molar-refractivity contribution in [3.05, 3.63) is 0 Å². The molecule has 0 unspecified atom stereocenters. The van der Waals surface area contributed by atoms with E-state index in [9.17, 15) is 4.79 Å². The van der Waals surface area contributed by atoms with Crippen LogP contribution in [0.1, 0.15) is 19.3 Å². The summed E-state index contributed by atoms with van der Waals surface area (Å²) in [6, 6.07) is 0.601. The van der Waals surface area contributed by atoms with Gasteiger partial charge in [-0.25, -0.2) is 0 Å². The number of nitrogens with one attached hydrogen (secondary N) is 1. The van der Waals surface area contributed by atoms with E-state index < -0.39 is 0 Å². The van der Waals surface area contributed by atoms with Gasteiger partial charge in [0.25, 0.3) is 0 Å². The van der Waals surface area contributed by atoms with Crippen LogP contribution in [0.3, 0.4) is 0 Å². The van der Waals surface area contributed by atoms with Crippen molar-refractivity contribution in [2.24, 2.45) is 5.92 Å². The highest BCUT2D eigenvalue weighted by molar-refractivity contribution is 5.79. The van der Waals surface area contributed by atoms with Crippen molar-refractivity contribution < 1.29 is 9.53 Å². The predicted octanol–water partition coefficient (Wildman–Crippen LogP) is -0.0809. The topological polar surface area (TPSA) is 44.8 Å². The molecule has 1 amide bonds. The normalized spacial score (nSPS) is 27.9. The van der Waals surface area contributed by atoms with E-state index in [-0.39, 0.29) is 5.92 Å². The molecule has 1 N–H and O–H groups in total. The van der Waals surface area contributed by atoms with Crippen LogP contribution < -0.4 is 5.32 Å². The fourth-order valence-electron chi connectivity index (χ4n) is 3.30. The third kappa shape index (κ3) is 3.09. The fourth-order valence-corrected chi connectivity index (χ4v) is 3.30. The summed E-state index contributed by atoms with van der Waals surface area (Å²) in [4.78, 5) is 16.9. The number of carbonyl (C=O) groups is 1. The summed E-state index contributed by atoms with van der Waals surface area (Å²) in [5.41, 5.74) is 0. The highest BCUT2D eigenvalue weighted by Crippen LogP contribution is 2.23. The van der Waals surface area contributed by atoms with Crippen LogP contribution in [0.5, 0.6) is 0 Å². The maximum absolute atomic E-state index is 12.3. The van der Waals surface area contributed by atoms with Crippen LogP contribution in [0.15, 0.2) is 0 Å². The SMILES string of the molecule is O=C(C1CCOCC1)N1CC(N2CCCNCC2)C1. The molecular weight excluding hydrogens is 242 g/mol. The number of ether oxygens (including phenoxy) is 1. The van der Waals surface area contributed by atoms with E-state index in [1.54, 1.807) is 0 Å². The molecule has 0 atom stereocenters. The first-order valence-corrected chi connectivity index (χ1v) is 7.66. The van der Waals surface area contributed by atoms with Gasteiger partial charge in [-0.1, -0.05) is 0 Å². The van der Waals surface area contributed by atoms with Crippen molar-refractivity contribution in [2.75, 3.05) is 52.5 Å². The number of rotatable bonds is 2. The summed E-state index contributed by atoms with van der Waals surface area (Å²) in [6.45, 7) is 7.92. The molecule has 0 spiro atoms. The molecule has 0 aromatic rings. The molecule has 108 valence electrons. The van der Waals surface area contributed by atoms with Crippen LogP contribution in [0.2, 0.25) is 0 Å². The Morgan fingerprint density at radius 2 is 1.89 bits per heavy atom. The number of hydrogen-bond acceptors (Lipinski definition) is 4. The zero-order chi connectivity index (χ0) is 13.1. The second-order valence-corrected chi connectivity index (χ2v) is 5.92. The summed E-state index contributed by atoms with van der Waals surface area (Å²) in [6.07, 6.45) is 3.05. The lowest BCUT2D eigenvalue weighted by atomic mass is 9.95. The molecule has 0 radical (unpaired) electrons. The van der Waals surface area contributed by atoms with Gasteiger partial charge in [-0.2, -0.15) is 0 Å². The number of nitrogens with zero attached hydrogens (tertiary/aromatic N) is 2. The van der Waals surface area contributed by atoms with E-state index in [4.69, 9.17) is 4.74 Å². The quantitative estimate of drug-likeness (QED) is 0.760. The summed E-state index contributed by atoms with van der Waals surface area (Å²) in [5.74, 6) is 0.591. The molecule has 5 heteroatoms. The molecule has 0 aliphatic carbocycles. The Balaban J connectivity index is 1.44. The number of amides is 1. The van der Waals surface area contributed by atoms with Crippen LogP contribution in [-0.2, 0) is 9.53 Å². The minimum absolute atomic E-state index is 0.223. The van der Waals surface area contributed by atoms with Gasteiger partial charge >= 0.3 is 0 Å². The van der Waals surface area contributed by atoms with E-state index in [2.05, 4.69) is 15.1 Å². The maximum atomic E-state index is 12.3. The lowest BCUT2D eigenvalue weighted by Crippen LogP contribution is -2.62. The van der Waals surface area contributed by atoms with E-state index in [0.29, 0.717) is 11.9 Å². The molecule has 3 heterocycles. The van der Waals surface area contributed by atoms with Gasteiger partial charge in [-0.15, -0.1) is 0 Å². The molecule has 3 aliphatic heterocycles. The minimum atomic E-state index is 0.223. The van der Waals surface area contributed by atoms with E-state index in [0.717, 1.165) is 58.8 Å². The van der Waals surface area contributed by atoms with Crippen molar-refractivity contribution in [1.29, 1.82) is 0 Å². The molecule has 0 aromatic carbocycles. The second kappa shape index (κ2) is 6.20. The van der Waals surface area contributed by atoms with Crippen LogP contribution >= 0.6 is 0 Å². The van der Waals surface area contributed by atoms with E-state index in [1.807, 2.05) is 0 Å². The maximum Gasteiger partial charge on any atom is 0.225 e. The third-order valence-electron chi connectivity index (χ3n) is 4.64. The van der Waals surface area contributed by atoms with Crippen molar-refractivity contribution in [2.45, 2.75) is 25.3 Å². The number of hydrogen-bond donors (Lipinski definition) is 1. The molecule has 0 saturated carbocycles. The van der Waals surface area contributed by atoms with Gasteiger partial charge < -0.3 is 15.0 Å². The summed E-state index contributed by atoms with van der Waals surface area (Å²) < 4.78 is 5.33. The Bertz CT molecular complexity index is 304. The molecule has 3 saturated heterocycles. The predicted molar refractivity (Wildman–Crippen MR) is 73.0 cm³/mol. The molecule has 0 aromatic heterocycles. The van der Waals surface area contributed by atoms with Crippen molar-refractivity contribution >= 4 is 5.91 Å². The lowest BCUT2D eigenvalue weighted by molar-refractivity contribution is -0.146. The molecule has 3 fully saturated rings. The Labute approximate surface area is 115 Å². The molecule has 3 rings (SSSR count). The highest BCUT2D eigenvalue weighted by atomic mass is 16.5. The van der Waals surface area contributed by atoms with Gasteiger partial charge in [0.2, 0.25) is 5.91 Å². The highest BCUT2D eigenvalue weighted by Gasteiger charge is 2.37. The third-order valence-corrected chi connectivity index (χ3v) is 4.64. The summed E-state index contributed by atoms with van der Waals surface area (Å²) in [5, 5.41) is 3.43. The van der Waals surface area contributed by atoms with Gasteiger partial charge in [0.1, 0.15) is 0 Å². The Kier molecular flexibility index (Phi) is 4.35. The molecule has 0 bridgehead atoms. The Morgan fingerprint density at radius 3 is 2.68 bits per heavy atom. The van der Waals surface area contributed by atoms with Crippen molar-refractivity contribution in [3.8, 4) is 0 Å². The van der Waals surface area contributed by atoms with Crippen LogP contribution in [0, 0.1) is 5.92 Å². The monoisotopic (exact) mass is 267 g/mol. The van der Waals surface area contributed by atoms with Gasteiger partial charge in [0, 0.05) is 51.4 Å². The Hall–Kier alpha value is -0.650. The largest absolute Gasteiger partial charge is 0.381 e. The number of carbonyl (C=O) groups excluding carboxylic acids is 1. The van der Waals surface area contributed by atoms with Crippen LogP contribution in [0.25, 0.3) is 0 Å². The van der Waals surface area contributed by atoms with E-state index >= 15 is 0 Å². The standard InChI is InChI=1S/C14H25N3O2/c18-14(12-2-8-19-9-3-12)17-10-13(11-17)16-6-1-4-15-5-7-16/h12-13,15H,1-11H2. The van der Waals surface area contributed by atoms with Crippen LogP contribution in [0.4, 0.5) is 0 Å². The zero-order valence-corrected chi connectivity index (χ0v) is 11.6. The van der Waals surface area contributed by atoms with Crippen molar-refractivity contribution in [1.82, 2.24) is 15.1 Å². The molecule has 19 heavy (non-hydrogen) atoms. The zero-order valence-electron chi connectivity index (χ0n) is 11.6. The van der Waals surface area contributed by atoms with Gasteiger partial charge in [0.15, 0.2) is 0 Å². The smallest absolute Gasteiger partial charge is 0.225 e. The second-order valence-electron chi connectivity index (χ2n) is 5.92. The average Bonchev–Trinajstić information content (AvgIpc) is 2.67. The summed E-state index contributed by atoms with van der Waals surface area (Å²) >= 11 is 0. The first-order chi connectivity index (χ1) is 9.34.